The standard InChI is InChI=1S/C14H21N3O2S.C2HF3O2/c1-12(18)17-5-2-3-14(11-17)10-16(6-7-19-14)9-13-15-4-8-20-13;3-2(4,5)1(6)7/h4,8H,2-3,5-7,9-11H2,1H3;(H,6,7). The third-order valence-corrected chi connectivity index (χ3v) is 5.16. The number of halogens is 3. The van der Waals surface area contributed by atoms with Gasteiger partial charge in [-0.3, -0.25) is 9.69 Å². The van der Waals surface area contributed by atoms with E-state index in [-0.39, 0.29) is 11.5 Å². The Morgan fingerprint density at radius 3 is 2.63 bits per heavy atom. The summed E-state index contributed by atoms with van der Waals surface area (Å²) in [6, 6.07) is 0. The van der Waals surface area contributed by atoms with Crippen LogP contribution in [0.3, 0.4) is 0 Å². The van der Waals surface area contributed by atoms with Crippen molar-refractivity contribution in [3.63, 3.8) is 0 Å². The molecule has 3 heterocycles. The smallest absolute Gasteiger partial charge is 0.475 e. The molecule has 1 atom stereocenters. The Hall–Kier alpha value is -1.72. The molecule has 3 rings (SSSR count). The summed E-state index contributed by atoms with van der Waals surface area (Å²) in [6.45, 7) is 6.73. The molecule has 152 valence electrons. The molecule has 0 saturated carbocycles. The Kier molecular flexibility index (Phi) is 7.18. The lowest BCUT2D eigenvalue weighted by atomic mass is 9.90. The van der Waals surface area contributed by atoms with Crippen molar-refractivity contribution in [1.82, 2.24) is 14.8 Å². The minimum atomic E-state index is -5.08. The van der Waals surface area contributed by atoms with Gasteiger partial charge >= 0.3 is 12.1 Å². The summed E-state index contributed by atoms with van der Waals surface area (Å²) < 4.78 is 37.8. The number of nitrogens with zero attached hydrogens (tertiary/aromatic N) is 3. The van der Waals surface area contributed by atoms with E-state index in [0.717, 1.165) is 57.2 Å². The Labute approximate surface area is 158 Å². The van der Waals surface area contributed by atoms with Crippen molar-refractivity contribution in [1.29, 1.82) is 0 Å². The summed E-state index contributed by atoms with van der Waals surface area (Å²) in [6.07, 6.45) is -1.15. The van der Waals surface area contributed by atoms with E-state index in [9.17, 15) is 18.0 Å². The molecule has 2 aliphatic rings. The van der Waals surface area contributed by atoms with Gasteiger partial charge in [-0.15, -0.1) is 11.3 Å². The number of alkyl halides is 3. The fraction of sp³-hybridized carbons (Fsp3) is 0.688. The van der Waals surface area contributed by atoms with Gasteiger partial charge in [0.1, 0.15) is 5.01 Å². The molecule has 1 unspecified atom stereocenters. The van der Waals surface area contributed by atoms with E-state index in [4.69, 9.17) is 14.6 Å². The molecule has 1 N–H and O–H groups in total. The Morgan fingerprint density at radius 1 is 1.37 bits per heavy atom. The highest BCUT2D eigenvalue weighted by Crippen LogP contribution is 2.29. The van der Waals surface area contributed by atoms with Gasteiger partial charge in [-0.05, 0) is 12.8 Å². The number of ether oxygens (including phenoxy) is 1. The van der Waals surface area contributed by atoms with Gasteiger partial charge in [0.15, 0.2) is 0 Å². The number of carbonyl (C=O) groups is 2. The first-order valence-corrected chi connectivity index (χ1v) is 9.30. The lowest BCUT2D eigenvalue weighted by Crippen LogP contribution is -2.60. The van der Waals surface area contributed by atoms with E-state index in [1.54, 1.807) is 18.3 Å². The van der Waals surface area contributed by atoms with Crippen LogP contribution in [0.1, 0.15) is 24.8 Å². The van der Waals surface area contributed by atoms with Crippen LogP contribution in [-0.4, -0.2) is 76.3 Å². The molecule has 27 heavy (non-hydrogen) atoms. The second kappa shape index (κ2) is 8.98. The molecule has 7 nitrogen and oxygen atoms in total. The minimum absolute atomic E-state index is 0.157. The average Bonchev–Trinajstić information content (AvgIpc) is 3.07. The van der Waals surface area contributed by atoms with Crippen molar-refractivity contribution in [3.05, 3.63) is 16.6 Å². The Morgan fingerprint density at radius 2 is 2.07 bits per heavy atom. The maximum Gasteiger partial charge on any atom is 0.490 e. The zero-order chi connectivity index (χ0) is 20.1. The fourth-order valence-electron chi connectivity index (χ4n) is 3.19. The normalized spacial score (nSPS) is 23.6. The highest BCUT2D eigenvalue weighted by atomic mass is 32.1. The molecular weight excluding hydrogens is 387 g/mol. The number of aromatic nitrogens is 1. The maximum absolute atomic E-state index is 11.6. The minimum Gasteiger partial charge on any atom is -0.475 e. The molecule has 2 saturated heterocycles. The van der Waals surface area contributed by atoms with Crippen molar-refractivity contribution in [2.75, 3.05) is 32.8 Å². The number of carboxylic acid groups (broad SMARTS) is 1. The van der Waals surface area contributed by atoms with Gasteiger partial charge in [0, 0.05) is 38.1 Å². The van der Waals surface area contributed by atoms with Gasteiger partial charge < -0.3 is 14.7 Å². The Bertz CT molecular complexity index is 637. The Balaban J connectivity index is 0.000000321. The van der Waals surface area contributed by atoms with Crippen LogP contribution in [0.5, 0.6) is 0 Å². The van der Waals surface area contributed by atoms with Crippen LogP contribution in [0.15, 0.2) is 11.6 Å². The quantitative estimate of drug-likeness (QED) is 0.805. The van der Waals surface area contributed by atoms with E-state index in [0.29, 0.717) is 0 Å². The van der Waals surface area contributed by atoms with Gasteiger partial charge in [0.25, 0.3) is 0 Å². The number of thiazole rings is 1. The van der Waals surface area contributed by atoms with Crippen LogP contribution in [0.25, 0.3) is 0 Å². The number of carbonyl (C=O) groups excluding carboxylic acids is 1. The molecule has 0 radical (unpaired) electrons. The summed E-state index contributed by atoms with van der Waals surface area (Å²) in [5.41, 5.74) is -0.167. The molecule has 0 bridgehead atoms. The van der Waals surface area contributed by atoms with Crippen LogP contribution < -0.4 is 0 Å². The molecule has 1 aromatic heterocycles. The maximum atomic E-state index is 11.6. The number of carboxylic acids is 1. The van der Waals surface area contributed by atoms with Gasteiger partial charge in [0.05, 0.1) is 25.3 Å². The number of piperidine rings is 1. The number of hydrogen-bond donors (Lipinski definition) is 1. The number of amides is 1. The molecule has 1 aromatic rings. The molecular formula is C16H22F3N3O4S. The molecule has 0 aliphatic carbocycles. The molecule has 11 heteroatoms. The third-order valence-electron chi connectivity index (χ3n) is 4.40. The van der Waals surface area contributed by atoms with E-state index in [1.165, 1.54) is 0 Å². The predicted molar refractivity (Wildman–Crippen MR) is 91.3 cm³/mol. The number of rotatable bonds is 2. The topological polar surface area (TPSA) is 83.0 Å². The van der Waals surface area contributed by atoms with Crippen molar-refractivity contribution in [3.8, 4) is 0 Å². The fourth-order valence-corrected chi connectivity index (χ4v) is 3.85. The monoisotopic (exact) mass is 409 g/mol. The highest BCUT2D eigenvalue weighted by Gasteiger charge is 2.41. The SMILES string of the molecule is CC(=O)N1CCCC2(CN(Cc3nccs3)CCO2)C1.O=C(O)C(F)(F)F. The zero-order valence-electron chi connectivity index (χ0n) is 14.9. The lowest BCUT2D eigenvalue weighted by Gasteiger charge is -2.47. The van der Waals surface area contributed by atoms with Crippen LogP contribution in [0, 0.1) is 0 Å². The van der Waals surface area contributed by atoms with Gasteiger partial charge in [-0.2, -0.15) is 13.2 Å². The predicted octanol–water partition coefficient (Wildman–Crippen LogP) is 1.99. The summed E-state index contributed by atoms with van der Waals surface area (Å²) in [5.74, 6) is -2.60. The van der Waals surface area contributed by atoms with Crippen LogP contribution >= 0.6 is 11.3 Å². The first kappa shape index (κ1) is 21.6. The molecule has 0 aromatic carbocycles. The van der Waals surface area contributed by atoms with Gasteiger partial charge in [0.2, 0.25) is 5.91 Å². The summed E-state index contributed by atoms with van der Waals surface area (Å²) in [4.78, 5) is 29.2. The van der Waals surface area contributed by atoms with Crippen molar-refractivity contribution in [2.24, 2.45) is 0 Å². The number of hydrogen-bond acceptors (Lipinski definition) is 6. The second-order valence-corrected chi connectivity index (χ2v) is 7.49. The van der Waals surface area contributed by atoms with Gasteiger partial charge in [-0.25, -0.2) is 9.78 Å². The largest absolute Gasteiger partial charge is 0.490 e. The summed E-state index contributed by atoms with van der Waals surface area (Å²) >= 11 is 1.70. The molecule has 2 fully saturated rings. The lowest BCUT2D eigenvalue weighted by molar-refractivity contribution is -0.192. The average molecular weight is 409 g/mol. The molecule has 1 amide bonds. The van der Waals surface area contributed by atoms with Crippen LogP contribution in [0.4, 0.5) is 13.2 Å². The van der Waals surface area contributed by atoms with Crippen LogP contribution in [0.2, 0.25) is 0 Å². The highest BCUT2D eigenvalue weighted by molar-refractivity contribution is 7.09. The number of aliphatic carboxylic acids is 1. The van der Waals surface area contributed by atoms with Crippen LogP contribution in [-0.2, 0) is 20.9 Å². The van der Waals surface area contributed by atoms with E-state index >= 15 is 0 Å². The first-order chi connectivity index (χ1) is 12.6. The number of likely N-dealkylation sites (tertiary alicyclic amines) is 1. The van der Waals surface area contributed by atoms with E-state index < -0.39 is 12.1 Å². The molecule has 2 aliphatic heterocycles. The van der Waals surface area contributed by atoms with Crippen molar-refractivity contribution < 1.29 is 32.6 Å². The first-order valence-electron chi connectivity index (χ1n) is 8.42. The second-order valence-electron chi connectivity index (χ2n) is 6.52. The molecule has 1 spiro atoms. The zero-order valence-corrected chi connectivity index (χ0v) is 15.7. The van der Waals surface area contributed by atoms with E-state index in [1.807, 2.05) is 16.5 Å². The third kappa shape index (κ3) is 6.43. The number of morpholine rings is 1. The van der Waals surface area contributed by atoms with Crippen molar-refractivity contribution in [2.45, 2.75) is 38.1 Å². The van der Waals surface area contributed by atoms with E-state index in [2.05, 4.69) is 9.88 Å². The summed E-state index contributed by atoms with van der Waals surface area (Å²) in [7, 11) is 0. The summed E-state index contributed by atoms with van der Waals surface area (Å²) in [5, 5.41) is 10.3. The van der Waals surface area contributed by atoms with Crippen molar-refractivity contribution >= 4 is 23.2 Å². The van der Waals surface area contributed by atoms with Gasteiger partial charge in [-0.1, -0.05) is 0 Å².